The van der Waals surface area contributed by atoms with Gasteiger partial charge in [-0.05, 0) is 6.16 Å². The van der Waals surface area contributed by atoms with Gasteiger partial charge in [0, 0.05) is 0 Å². The molecule has 0 bridgehead atoms. The molecule has 9 heavy (non-hydrogen) atoms. The van der Waals surface area contributed by atoms with Gasteiger partial charge in [-0.15, -0.1) is 9.24 Å². The highest BCUT2D eigenvalue weighted by atomic mass is 31.0. The monoisotopic (exact) mass is 152 g/mol. The van der Waals surface area contributed by atoms with Gasteiger partial charge in [0.1, 0.15) is 0 Å². The highest BCUT2D eigenvalue weighted by Crippen LogP contribution is 1.89. The Morgan fingerprint density at radius 3 is 1.67 bits per heavy atom. The maximum atomic E-state index is 7.17. The SMILES string of the molecule is CCCCP.OB(O)O. The van der Waals surface area contributed by atoms with E-state index in [0.717, 1.165) is 0 Å². The molecule has 0 saturated carbocycles. The van der Waals surface area contributed by atoms with Gasteiger partial charge >= 0.3 is 7.32 Å². The average Bonchev–Trinajstić information content (AvgIpc) is 1.66. The van der Waals surface area contributed by atoms with Crippen LogP contribution in [0.5, 0.6) is 0 Å². The summed E-state index contributed by atoms with van der Waals surface area (Å²) in [5.74, 6) is 0. The van der Waals surface area contributed by atoms with Crippen molar-refractivity contribution in [1.29, 1.82) is 0 Å². The van der Waals surface area contributed by atoms with E-state index in [-0.39, 0.29) is 0 Å². The van der Waals surface area contributed by atoms with Crippen molar-refractivity contribution in [2.75, 3.05) is 6.16 Å². The molecule has 0 saturated heterocycles. The minimum Gasteiger partial charge on any atom is -0.402 e. The Morgan fingerprint density at radius 2 is 1.67 bits per heavy atom. The summed E-state index contributed by atoms with van der Waals surface area (Å²) in [6.07, 6.45) is 3.94. The van der Waals surface area contributed by atoms with Crippen LogP contribution in [-0.2, 0) is 0 Å². The second-order valence-corrected chi connectivity index (χ2v) is 2.07. The van der Waals surface area contributed by atoms with Gasteiger partial charge in [0.05, 0.1) is 0 Å². The molecule has 3 nitrogen and oxygen atoms in total. The predicted octanol–water partition coefficient (Wildman–Crippen LogP) is -0.390. The molecule has 5 heteroatoms. The van der Waals surface area contributed by atoms with Gasteiger partial charge in [0.2, 0.25) is 0 Å². The van der Waals surface area contributed by atoms with E-state index in [2.05, 4.69) is 16.2 Å². The fourth-order valence-electron chi connectivity index (χ4n) is 0.204. The fraction of sp³-hybridized carbons (Fsp3) is 1.00. The lowest BCUT2D eigenvalue weighted by molar-refractivity contribution is 0.278. The zero-order valence-electron chi connectivity index (χ0n) is 5.62. The standard InChI is InChI=1S/C4H11P.BH3O3/c1-2-3-4-5;2-1(3)4/h2-5H2,1H3;2-4H. The zero-order valence-corrected chi connectivity index (χ0v) is 6.77. The van der Waals surface area contributed by atoms with E-state index in [4.69, 9.17) is 15.1 Å². The van der Waals surface area contributed by atoms with Crippen molar-refractivity contribution in [2.24, 2.45) is 0 Å². The van der Waals surface area contributed by atoms with E-state index in [1.807, 2.05) is 0 Å². The summed E-state index contributed by atoms with van der Waals surface area (Å²) in [6, 6.07) is 0. The Labute approximate surface area is 58.5 Å². The molecular formula is C4H14BO3P. The molecule has 0 spiro atoms. The predicted molar refractivity (Wildman–Crippen MR) is 41.9 cm³/mol. The van der Waals surface area contributed by atoms with E-state index >= 15 is 0 Å². The molecule has 1 unspecified atom stereocenters. The van der Waals surface area contributed by atoms with Gasteiger partial charge in [-0.2, -0.15) is 0 Å². The molecule has 0 aromatic rings. The first kappa shape index (κ1) is 12.1. The third-order valence-corrected chi connectivity index (χ3v) is 0.966. The summed E-state index contributed by atoms with van der Waals surface area (Å²) in [4.78, 5) is 0. The average molecular weight is 152 g/mol. The van der Waals surface area contributed by atoms with Crippen LogP contribution >= 0.6 is 9.24 Å². The molecule has 0 rings (SSSR count). The van der Waals surface area contributed by atoms with Crippen LogP contribution < -0.4 is 0 Å². The first-order chi connectivity index (χ1) is 4.15. The molecule has 0 aromatic heterocycles. The van der Waals surface area contributed by atoms with Crippen molar-refractivity contribution < 1.29 is 15.1 Å². The molecule has 56 valence electrons. The third-order valence-electron chi connectivity index (χ3n) is 0.558. The van der Waals surface area contributed by atoms with E-state index in [0.29, 0.717) is 0 Å². The fourth-order valence-corrected chi connectivity index (χ4v) is 0.612. The molecular weight excluding hydrogens is 138 g/mol. The first-order valence-corrected chi connectivity index (χ1v) is 3.71. The maximum absolute atomic E-state index is 7.17. The largest absolute Gasteiger partial charge is 0.631 e. The molecule has 0 aliphatic heterocycles. The summed E-state index contributed by atoms with van der Waals surface area (Å²) in [5.41, 5.74) is 0. The normalized spacial score (nSPS) is 7.67. The van der Waals surface area contributed by atoms with Crippen LogP contribution in [0.4, 0.5) is 0 Å². The van der Waals surface area contributed by atoms with Crippen LogP contribution in [0.1, 0.15) is 19.8 Å². The molecule has 3 N–H and O–H groups in total. The van der Waals surface area contributed by atoms with Crippen molar-refractivity contribution in [3.63, 3.8) is 0 Å². The topological polar surface area (TPSA) is 60.7 Å². The molecule has 0 aromatic carbocycles. The van der Waals surface area contributed by atoms with Gasteiger partial charge in [0.15, 0.2) is 0 Å². The summed E-state index contributed by atoms with van der Waals surface area (Å²) in [6.45, 7) is 2.20. The summed E-state index contributed by atoms with van der Waals surface area (Å²) >= 11 is 0. The molecule has 0 aliphatic rings. The smallest absolute Gasteiger partial charge is 0.402 e. The Hall–Kier alpha value is 0.375. The van der Waals surface area contributed by atoms with Crippen LogP contribution in [-0.4, -0.2) is 28.6 Å². The van der Waals surface area contributed by atoms with E-state index < -0.39 is 7.32 Å². The summed E-state index contributed by atoms with van der Waals surface area (Å²) in [5, 5.41) is 21.5. The quantitative estimate of drug-likeness (QED) is 0.373. The number of rotatable bonds is 2. The molecule has 0 radical (unpaired) electrons. The van der Waals surface area contributed by atoms with Crippen molar-refractivity contribution in [1.82, 2.24) is 0 Å². The first-order valence-electron chi connectivity index (χ1n) is 2.89. The van der Waals surface area contributed by atoms with Gasteiger partial charge in [0.25, 0.3) is 0 Å². The lowest BCUT2D eigenvalue weighted by atomic mass is 10.3. The minimum absolute atomic E-state index is 1.26. The number of unbranched alkanes of at least 4 members (excludes halogenated alkanes) is 1. The lowest BCUT2D eigenvalue weighted by Gasteiger charge is -1.79. The summed E-state index contributed by atoms with van der Waals surface area (Å²) < 4.78 is 0. The Morgan fingerprint density at radius 1 is 1.33 bits per heavy atom. The van der Waals surface area contributed by atoms with Crippen molar-refractivity contribution in [2.45, 2.75) is 19.8 Å². The van der Waals surface area contributed by atoms with Crippen LogP contribution in [0.2, 0.25) is 0 Å². The molecule has 1 atom stereocenters. The van der Waals surface area contributed by atoms with Gasteiger partial charge in [-0.1, -0.05) is 19.8 Å². The highest BCUT2D eigenvalue weighted by Gasteiger charge is 1.92. The second-order valence-electron chi connectivity index (χ2n) is 1.49. The van der Waals surface area contributed by atoms with Gasteiger partial charge < -0.3 is 15.1 Å². The van der Waals surface area contributed by atoms with Crippen LogP contribution in [0, 0.1) is 0 Å². The minimum atomic E-state index is -2.17. The lowest BCUT2D eigenvalue weighted by Crippen LogP contribution is -2.07. The molecule has 0 fully saturated rings. The van der Waals surface area contributed by atoms with Gasteiger partial charge in [-0.25, -0.2) is 0 Å². The van der Waals surface area contributed by atoms with Gasteiger partial charge in [-0.3, -0.25) is 0 Å². The van der Waals surface area contributed by atoms with Crippen molar-refractivity contribution in [3.8, 4) is 0 Å². The zero-order chi connectivity index (χ0) is 7.70. The van der Waals surface area contributed by atoms with E-state index in [1.54, 1.807) is 0 Å². The Kier molecular flexibility index (Phi) is 15.1. The maximum Gasteiger partial charge on any atom is 0.631 e. The van der Waals surface area contributed by atoms with E-state index in [1.165, 1.54) is 19.0 Å². The molecule has 0 heterocycles. The highest BCUT2D eigenvalue weighted by molar-refractivity contribution is 7.16. The van der Waals surface area contributed by atoms with Crippen LogP contribution in [0.15, 0.2) is 0 Å². The molecule has 0 amide bonds. The van der Waals surface area contributed by atoms with Crippen molar-refractivity contribution >= 4 is 16.6 Å². The van der Waals surface area contributed by atoms with Crippen molar-refractivity contribution in [3.05, 3.63) is 0 Å². The molecule has 0 aliphatic carbocycles. The second kappa shape index (κ2) is 11.2. The van der Waals surface area contributed by atoms with Crippen LogP contribution in [0.3, 0.4) is 0 Å². The Balaban J connectivity index is 0. The van der Waals surface area contributed by atoms with E-state index in [9.17, 15) is 0 Å². The Bertz CT molecular complexity index is 40.0. The number of hydrogen-bond acceptors (Lipinski definition) is 3. The summed E-state index contributed by atoms with van der Waals surface area (Å²) in [7, 11) is 0.533. The number of hydrogen-bond donors (Lipinski definition) is 3. The third kappa shape index (κ3) is 60.3. The van der Waals surface area contributed by atoms with Crippen LogP contribution in [0.25, 0.3) is 0 Å².